The van der Waals surface area contributed by atoms with Crippen LogP contribution in [0.2, 0.25) is 0 Å². The zero-order chi connectivity index (χ0) is 14.4. The molecule has 0 unspecified atom stereocenters. The van der Waals surface area contributed by atoms with E-state index in [9.17, 15) is 9.59 Å². The summed E-state index contributed by atoms with van der Waals surface area (Å²) in [5.74, 6) is 0.0181. The summed E-state index contributed by atoms with van der Waals surface area (Å²) in [5, 5.41) is 2.79. The molecule has 0 saturated carbocycles. The number of carbonyl (C=O) groups excluding carboxylic acids is 2. The topological polar surface area (TPSA) is 84.7 Å². The largest absolute Gasteiger partial charge is 0.364 e. The molecule has 0 aromatic rings. The van der Waals surface area contributed by atoms with E-state index >= 15 is 0 Å². The van der Waals surface area contributed by atoms with Crippen molar-refractivity contribution in [2.24, 2.45) is 5.73 Å². The van der Waals surface area contributed by atoms with E-state index in [0.717, 1.165) is 32.4 Å². The Balaban J connectivity index is 0.00000220. The Morgan fingerprint density at radius 2 is 1.90 bits per heavy atom. The number of hydrogen-bond donors (Lipinski definition) is 2. The summed E-state index contributed by atoms with van der Waals surface area (Å²) < 4.78 is 5.51. The summed E-state index contributed by atoms with van der Waals surface area (Å²) in [6.45, 7) is 2.56. The maximum atomic E-state index is 11.9. The molecule has 6 nitrogen and oxygen atoms in total. The number of amides is 2. The Hall–Kier alpha value is -0.850. The van der Waals surface area contributed by atoms with Crippen molar-refractivity contribution in [2.75, 3.05) is 26.2 Å². The van der Waals surface area contributed by atoms with Gasteiger partial charge in [0.25, 0.3) is 0 Å². The van der Waals surface area contributed by atoms with Gasteiger partial charge >= 0.3 is 0 Å². The third kappa shape index (κ3) is 5.45. The van der Waals surface area contributed by atoms with Crippen molar-refractivity contribution in [3.8, 4) is 0 Å². The maximum Gasteiger partial charge on any atom is 0.249 e. The molecule has 0 aromatic carbocycles. The minimum absolute atomic E-state index is 0. The molecule has 2 aliphatic heterocycles. The molecule has 2 fully saturated rings. The highest BCUT2D eigenvalue weighted by atomic mass is 35.5. The van der Waals surface area contributed by atoms with Crippen molar-refractivity contribution < 1.29 is 14.3 Å². The Labute approximate surface area is 132 Å². The number of halogens is 1. The number of likely N-dealkylation sites (tertiary alicyclic amines) is 1. The van der Waals surface area contributed by atoms with Crippen molar-refractivity contribution in [1.29, 1.82) is 0 Å². The van der Waals surface area contributed by atoms with Gasteiger partial charge in [-0.25, -0.2) is 0 Å². The number of piperidine rings is 1. The van der Waals surface area contributed by atoms with Crippen molar-refractivity contribution in [2.45, 2.75) is 50.7 Å². The molecule has 21 heavy (non-hydrogen) atoms. The number of carbonyl (C=O) groups is 2. The van der Waals surface area contributed by atoms with Crippen LogP contribution in [0.25, 0.3) is 0 Å². The van der Waals surface area contributed by atoms with Gasteiger partial charge in [0.2, 0.25) is 11.8 Å². The summed E-state index contributed by atoms with van der Waals surface area (Å²) in [6.07, 6.45) is 4.92. The first-order valence-corrected chi connectivity index (χ1v) is 7.61. The second-order valence-electron chi connectivity index (χ2n) is 5.54. The SMILES string of the molecule is Cl.NC[C@H]1CC[C@@H](C(=O)NCCC(=O)N2CCCCC2)O1. The van der Waals surface area contributed by atoms with E-state index in [1.807, 2.05) is 4.90 Å². The van der Waals surface area contributed by atoms with Crippen LogP contribution in [0, 0.1) is 0 Å². The Morgan fingerprint density at radius 3 is 2.52 bits per heavy atom. The van der Waals surface area contributed by atoms with Crippen LogP contribution in [0.3, 0.4) is 0 Å². The molecule has 0 aliphatic carbocycles. The van der Waals surface area contributed by atoms with Crippen molar-refractivity contribution in [3.05, 3.63) is 0 Å². The van der Waals surface area contributed by atoms with Gasteiger partial charge in [0, 0.05) is 32.6 Å². The second-order valence-corrected chi connectivity index (χ2v) is 5.54. The van der Waals surface area contributed by atoms with Crippen LogP contribution in [0.1, 0.15) is 38.5 Å². The number of nitrogens with one attached hydrogen (secondary N) is 1. The van der Waals surface area contributed by atoms with Gasteiger partial charge in [-0.1, -0.05) is 0 Å². The zero-order valence-electron chi connectivity index (χ0n) is 12.4. The third-order valence-electron chi connectivity index (χ3n) is 4.01. The van der Waals surface area contributed by atoms with E-state index in [1.165, 1.54) is 6.42 Å². The summed E-state index contributed by atoms with van der Waals surface area (Å²) >= 11 is 0. The molecule has 2 rings (SSSR count). The van der Waals surface area contributed by atoms with Crippen LogP contribution in [0.4, 0.5) is 0 Å². The van der Waals surface area contributed by atoms with E-state index in [2.05, 4.69) is 5.32 Å². The molecule has 0 aromatic heterocycles. The lowest BCUT2D eigenvalue weighted by Crippen LogP contribution is -2.40. The highest BCUT2D eigenvalue weighted by Gasteiger charge is 2.29. The number of nitrogens with two attached hydrogens (primary N) is 1. The molecule has 2 saturated heterocycles. The van der Waals surface area contributed by atoms with Crippen molar-refractivity contribution in [1.82, 2.24) is 10.2 Å². The fourth-order valence-corrected chi connectivity index (χ4v) is 2.78. The van der Waals surface area contributed by atoms with Crippen LogP contribution in [-0.4, -0.2) is 55.1 Å². The highest BCUT2D eigenvalue weighted by molar-refractivity contribution is 5.85. The van der Waals surface area contributed by atoms with Crippen molar-refractivity contribution >= 4 is 24.2 Å². The van der Waals surface area contributed by atoms with Gasteiger partial charge in [-0.05, 0) is 32.1 Å². The Morgan fingerprint density at radius 1 is 1.19 bits per heavy atom. The molecule has 0 bridgehead atoms. The molecule has 0 spiro atoms. The van der Waals surface area contributed by atoms with Crippen LogP contribution >= 0.6 is 12.4 Å². The van der Waals surface area contributed by atoms with Crippen LogP contribution < -0.4 is 11.1 Å². The Bertz CT molecular complexity index is 348. The Kier molecular flexibility index (Phi) is 8.00. The van der Waals surface area contributed by atoms with E-state index in [-0.39, 0.29) is 30.3 Å². The molecule has 0 radical (unpaired) electrons. The molecule has 2 atom stereocenters. The monoisotopic (exact) mass is 319 g/mol. The molecular formula is C14H26ClN3O3. The number of hydrogen-bond acceptors (Lipinski definition) is 4. The van der Waals surface area contributed by atoms with Crippen LogP contribution in [-0.2, 0) is 14.3 Å². The maximum absolute atomic E-state index is 11.9. The summed E-state index contributed by atoms with van der Waals surface area (Å²) in [5.41, 5.74) is 5.51. The highest BCUT2D eigenvalue weighted by Crippen LogP contribution is 2.18. The zero-order valence-corrected chi connectivity index (χ0v) is 13.2. The standard InChI is InChI=1S/C14H25N3O3.ClH/c15-10-11-4-5-12(20-11)14(19)16-7-6-13(18)17-8-2-1-3-9-17;/h11-12H,1-10,15H2,(H,16,19);1H/t11-,12+;/m1./s1. The average Bonchev–Trinajstić information content (AvgIpc) is 2.97. The molecule has 2 amide bonds. The normalized spacial score (nSPS) is 25.3. The molecule has 2 aliphatic rings. The lowest BCUT2D eigenvalue weighted by Gasteiger charge is -2.26. The van der Waals surface area contributed by atoms with E-state index in [4.69, 9.17) is 10.5 Å². The first-order chi connectivity index (χ1) is 9.70. The summed E-state index contributed by atoms with van der Waals surface area (Å²) in [4.78, 5) is 25.7. The molecule has 7 heteroatoms. The van der Waals surface area contributed by atoms with Gasteiger partial charge in [0.1, 0.15) is 6.10 Å². The first kappa shape index (κ1) is 18.2. The molecule has 122 valence electrons. The second kappa shape index (κ2) is 9.23. The first-order valence-electron chi connectivity index (χ1n) is 7.61. The number of nitrogens with zero attached hydrogens (tertiary/aromatic N) is 1. The number of rotatable bonds is 5. The average molecular weight is 320 g/mol. The van der Waals surface area contributed by atoms with Gasteiger partial charge in [-0.2, -0.15) is 0 Å². The minimum Gasteiger partial charge on any atom is -0.364 e. The predicted octanol–water partition coefficient (Wildman–Crippen LogP) is 0.433. The van der Waals surface area contributed by atoms with E-state index < -0.39 is 6.10 Å². The van der Waals surface area contributed by atoms with Gasteiger partial charge in [0.15, 0.2) is 0 Å². The summed E-state index contributed by atoms with van der Waals surface area (Å²) in [7, 11) is 0. The smallest absolute Gasteiger partial charge is 0.249 e. The fraction of sp³-hybridized carbons (Fsp3) is 0.857. The van der Waals surface area contributed by atoms with Gasteiger partial charge < -0.3 is 20.7 Å². The lowest BCUT2D eigenvalue weighted by atomic mass is 10.1. The molecular weight excluding hydrogens is 294 g/mol. The fourth-order valence-electron chi connectivity index (χ4n) is 2.78. The third-order valence-corrected chi connectivity index (χ3v) is 4.01. The van der Waals surface area contributed by atoms with Gasteiger partial charge in [-0.15, -0.1) is 12.4 Å². The molecule has 3 N–H and O–H groups in total. The predicted molar refractivity (Wildman–Crippen MR) is 82.3 cm³/mol. The summed E-state index contributed by atoms with van der Waals surface area (Å²) in [6, 6.07) is 0. The van der Waals surface area contributed by atoms with Crippen molar-refractivity contribution in [3.63, 3.8) is 0 Å². The quantitative estimate of drug-likeness (QED) is 0.770. The number of ether oxygens (including phenoxy) is 1. The molecule has 2 heterocycles. The van der Waals surface area contributed by atoms with Crippen LogP contribution in [0.15, 0.2) is 0 Å². The van der Waals surface area contributed by atoms with E-state index in [0.29, 0.717) is 25.9 Å². The van der Waals surface area contributed by atoms with Gasteiger partial charge in [-0.3, -0.25) is 9.59 Å². The minimum atomic E-state index is -0.395. The van der Waals surface area contributed by atoms with Crippen LogP contribution in [0.5, 0.6) is 0 Å². The van der Waals surface area contributed by atoms with Gasteiger partial charge in [0.05, 0.1) is 6.10 Å². The van der Waals surface area contributed by atoms with E-state index in [1.54, 1.807) is 0 Å². The lowest BCUT2D eigenvalue weighted by molar-refractivity contribution is -0.133.